The van der Waals surface area contributed by atoms with Gasteiger partial charge in [0, 0.05) is 25.7 Å². The molecular formula is C14H20O3. The summed E-state index contributed by atoms with van der Waals surface area (Å²) in [6.07, 6.45) is 1.03. The molecule has 94 valence electrons. The Morgan fingerprint density at radius 1 is 1.41 bits per heavy atom. The zero-order valence-corrected chi connectivity index (χ0v) is 10.3. The minimum absolute atomic E-state index is 0.167. The fourth-order valence-corrected chi connectivity index (χ4v) is 2.10. The van der Waals surface area contributed by atoms with Crippen molar-refractivity contribution in [3.05, 3.63) is 29.8 Å². The Hall–Kier alpha value is -1.06. The highest BCUT2D eigenvalue weighted by molar-refractivity contribution is 5.26. The monoisotopic (exact) mass is 236 g/mol. The molecule has 0 aliphatic carbocycles. The van der Waals surface area contributed by atoms with Crippen molar-refractivity contribution in [3.8, 4) is 5.75 Å². The van der Waals surface area contributed by atoms with Crippen molar-refractivity contribution in [3.63, 3.8) is 0 Å². The van der Waals surface area contributed by atoms with Crippen molar-refractivity contribution >= 4 is 0 Å². The number of benzene rings is 1. The molecule has 1 aromatic rings. The Labute approximate surface area is 102 Å². The average molecular weight is 236 g/mol. The summed E-state index contributed by atoms with van der Waals surface area (Å²) in [6.45, 7) is 4.35. The van der Waals surface area contributed by atoms with E-state index in [-0.39, 0.29) is 12.5 Å². The van der Waals surface area contributed by atoms with E-state index in [1.54, 1.807) is 0 Å². The SMILES string of the molecule is Cc1ccc(OCC(CO)C2CCOC2)cc1. The molecule has 2 rings (SSSR count). The third kappa shape index (κ3) is 3.45. The van der Waals surface area contributed by atoms with Gasteiger partial charge in [-0.25, -0.2) is 0 Å². The Morgan fingerprint density at radius 3 is 2.76 bits per heavy atom. The van der Waals surface area contributed by atoms with Crippen molar-refractivity contribution in [1.29, 1.82) is 0 Å². The molecule has 1 aromatic carbocycles. The smallest absolute Gasteiger partial charge is 0.119 e. The number of aliphatic hydroxyl groups is 1. The van der Waals surface area contributed by atoms with Gasteiger partial charge in [0.1, 0.15) is 5.75 Å². The molecule has 1 fully saturated rings. The van der Waals surface area contributed by atoms with Crippen LogP contribution < -0.4 is 4.74 Å². The molecule has 2 atom stereocenters. The maximum absolute atomic E-state index is 9.37. The largest absolute Gasteiger partial charge is 0.493 e. The summed E-state index contributed by atoms with van der Waals surface area (Å²) in [5, 5.41) is 9.37. The van der Waals surface area contributed by atoms with E-state index >= 15 is 0 Å². The molecule has 1 saturated heterocycles. The lowest BCUT2D eigenvalue weighted by atomic mass is 9.93. The highest BCUT2D eigenvalue weighted by Gasteiger charge is 2.25. The molecule has 0 radical (unpaired) electrons. The van der Waals surface area contributed by atoms with Crippen LogP contribution >= 0.6 is 0 Å². The fraction of sp³-hybridized carbons (Fsp3) is 0.571. The standard InChI is InChI=1S/C14H20O3/c1-11-2-4-14(5-3-11)17-10-13(8-15)12-6-7-16-9-12/h2-5,12-13,15H,6-10H2,1H3. The first-order valence-electron chi connectivity index (χ1n) is 6.17. The van der Waals surface area contributed by atoms with E-state index in [0.29, 0.717) is 12.5 Å². The molecule has 1 aliphatic heterocycles. The Balaban J connectivity index is 1.84. The van der Waals surface area contributed by atoms with E-state index in [1.165, 1.54) is 5.56 Å². The first kappa shape index (κ1) is 12.4. The van der Waals surface area contributed by atoms with Gasteiger partial charge in [-0.2, -0.15) is 0 Å². The molecule has 3 nitrogen and oxygen atoms in total. The maximum atomic E-state index is 9.37. The number of aryl methyl sites for hydroxylation is 1. The molecule has 1 heterocycles. The Kier molecular flexibility index (Phi) is 4.40. The maximum Gasteiger partial charge on any atom is 0.119 e. The zero-order valence-electron chi connectivity index (χ0n) is 10.3. The van der Waals surface area contributed by atoms with E-state index < -0.39 is 0 Å². The van der Waals surface area contributed by atoms with E-state index in [4.69, 9.17) is 9.47 Å². The molecule has 3 heteroatoms. The first-order chi connectivity index (χ1) is 8.29. The van der Waals surface area contributed by atoms with Gasteiger partial charge in [0.25, 0.3) is 0 Å². The van der Waals surface area contributed by atoms with E-state index in [2.05, 4.69) is 6.92 Å². The van der Waals surface area contributed by atoms with Gasteiger partial charge in [-0.3, -0.25) is 0 Å². The van der Waals surface area contributed by atoms with E-state index in [9.17, 15) is 5.11 Å². The Bertz CT molecular complexity index is 328. The van der Waals surface area contributed by atoms with Crippen LogP contribution in [0, 0.1) is 18.8 Å². The predicted octanol–water partition coefficient (Wildman–Crippen LogP) is 2.02. The number of rotatable bonds is 5. The Morgan fingerprint density at radius 2 is 2.18 bits per heavy atom. The van der Waals surface area contributed by atoms with Crippen molar-refractivity contribution < 1.29 is 14.6 Å². The van der Waals surface area contributed by atoms with Crippen LogP contribution in [-0.2, 0) is 4.74 Å². The van der Waals surface area contributed by atoms with E-state index in [0.717, 1.165) is 25.4 Å². The minimum atomic E-state index is 0.167. The van der Waals surface area contributed by atoms with Crippen LogP contribution in [0.15, 0.2) is 24.3 Å². The summed E-state index contributed by atoms with van der Waals surface area (Å²) in [5.74, 6) is 1.48. The van der Waals surface area contributed by atoms with Gasteiger partial charge in [-0.05, 0) is 31.4 Å². The minimum Gasteiger partial charge on any atom is -0.493 e. The van der Waals surface area contributed by atoms with Gasteiger partial charge in [-0.15, -0.1) is 0 Å². The van der Waals surface area contributed by atoms with Crippen LogP contribution in [0.2, 0.25) is 0 Å². The quantitative estimate of drug-likeness (QED) is 0.850. The number of ether oxygens (including phenoxy) is 2. The van der Waals surface area contributed by atoms with Gasteiger partial charge in [0.05, 0.1) is 6.61 Å². The second-order valence-corrected chi connectivity index (χ2v) is 4.69. The summed E-state index contributed by atoms with van der Waals surface area (Å²) in [6, 6.07) is 7.99. The molecule has 0 aromatic heterocycles. The van der Waals surface area contributed by atoms with Crippen molar-refractivity contribution in [2.75, 3.05) is 26.4 Å². The molecule has 0 spiro atoms. The molecule has 17 heavy (non-hydrogen) atoms. The number of hydrogen-bond donors (Lipinski definition) is 1. The van der Waals surface area contributed by atoms with E-state index in [1.807, 2.05) is 24.3 Å². The number of aliphatic hydroxyl groups excluding tert-OH is 1. The van der Waals surface area contributed by atoms with Crippen LogP contribution in [0.1, 0.15) is 12.0 Å². The van der Waals surface area contributed by atoms with Gasteiger partial charge >= 0.3 is 0 Å². The van der Waals surface area contributed by atoms with Crippen molar-refractivity contribution in [2.24, 2.45) is 11.8 Å². The molecular weight excluding hydrogens is 216 g/mol. The number of hydrogen-bond acceptors (Lipinski definition) is 3. The highest BCUT2D eigenvalue weighted by atomic mass is 16.5. The van der Waals surface area contributed by atoms with Crippen LogP contribution in [0.4, 0.5) is 0 Å². The van der Waals surface area contributed by atoms with Crippen molar-refractivity contribution in [2.45, 2.75) is 13.3 Å². The highest BCUT2D eigenvalue weighted by Crippen LogP contribution is 2.23. The fourth-order valence-electron chi connectivity index (χ4n) is 2.10. The lowest BCUT2D eigenvalue weighted by molar-refractivity contribution is 0.102. The van der Waals surface area contributed by atoms with Crippen LogP contribution in [0.25, 0.3) is 0 Å². The summed E-state index contributed by atoms with van der Waals surface area (Å²) >= 11 is 0. The second kappa shape index (κ2) is 6.03. The summed E-state index contributed by atoms with van der Waals surface area (Å²) in [4.78, 5) is 0. The van der Waals surface area contributed by atoms with Gasteiger partial charge in [-0.1, -0.05) is 17.7 Å². The van der Waals surface area contributed by atoms with Crippen LogP contribution in [-0.4, -0.2) is 31.5 Å². The third-order valence-corrected chi connectivity index (χ3v) is 3.35. The summed E-state index contributed by atoms with van der Waals surface area (Å²) < 4.78 is 11.1. The summed E-state index contributed by atoms with van der Waals surface area (Å²) in [7, 11) is 0. The van der Waals surface area contributed by atoms with Gasteiger partial charge in [0.15, 0.2) is 0 Å². The normalized spacial score (nSPS) is 21.4. The lowest BCUT2D eigenvalue weighted by Crippen LogP contribution is -2.25. The first-order valence-corrected chi connectivity index (χ1v) is 6.17. The van der Waals surface area contributed by atoms with Gasteiger partial charge in [0.2, 0.25) is 0 Å². The summed E-state index contributed by atoms with van der Waals surface area (Å²) in [5.41, 5.74) is 1.22. The second-order valence-electron chi connectivity index (χ2n) is 4.69. The topological polar surface area (TPSA) is 38.7 Å². The van der Waals surface area contributed by atoms with Gasteiger partial charge < -0.3 is 14.6 Å². The molecule has 0 saturated carbocycles. The predicted molar refractivity (Wildman–Crippen MR) is 66.2 cm³/mol. The third-order valence-electron chi connectivity index (χ3n) is 3.35. The molecule has 2 unspecified atom stereocenters. The molecule has 1 N–H and O–H groups in total. The van der Waals surface area contributed by atoms with Crippen molar-refractivity contribution in [1.82, 2.24) is 0 Å². The van der Waals surface area contributed by atoms with Crippen LogP contribution in [0.5, 0.6) is 5.75 Å². The van der Waals surface area contributed by atoms with Crippen LogP contribution in [0.3, 0.4) is 0 Å². The lowest BCUT2D eigenvalue weighted by Gasteiger charge is -2.20. The average Bonchev–Trinajstić information content (AvgIpc) is 2.86. The molecule has 0 bridgehead atoms. The molecule has 0 amide bonds. The molecule has 1 aliphatic rings. The zero-order chi connectivity index (χ0) is 12.1.